The van der Waals surface area contributed by atoms with Crippen LogP contribution < -0.4 is 0 Å². The average molecular weight is 376 g/mol. The number of nitrogens with zero attached hydrogens (tertiary/aromatic N) is 2. The number of benzene rings is 1. The van der Waals surface area contributed by atoms with Crippen LogP contribution in [0, 0.1) is 21.4 Å². The van der Waals surface area contributed by atoms with E-state index in [0.29, 0.717) is 36.4 Å². The first kappa shape index (κ1) is 16.9. The molecule has 2 aromatic rings. The number of carboxylic acid groups (broad SMARTS) is 1. The van der Waals surface area contributed by atoms with Gasteiger partial charge >= 0.3 is 5.97 Å². The fourth-order valence-electron chi connectivity index (χ4n) is 3.86. The molecule has 0 saturated carbocycles. The molecule has 4 rings (SSSR count). The van der Waals surface area contributed by atoms with E-state index in [2.05, 4.69) is 0 Å². The minimum Gasteiger partial charge on any atom is -0.481 e. The van der Waals surface area contributed by atoms with E-state index in [4.69, 9.17) is 4.74 Å². The van der Waals surface area contributed by atoms with Crippen molar-refractivity contribution in [3.8, 4) is 0 Å². The van der Waals surface area contributed by atoms with E-state index in [1.165, 1.54) is 23.5 Å². The van der Waals surface area contributed by atoms with E-state index < -0.39 is 16.3 Å². The number of carboxylic acids is 1. The summed E-state index contributed by atoms with van der Waals surface area (Å²) in [6.07, 6.45) is 0.398. The number of non-ortho nitro benzene ring substituents is 1. The van der Waals surface area contributed by atoms with Gasteiger partial charge < -0.3 is 14.7 Å². The van der Waals surface area contributed by atoms with Crippen LogP contribution in [0.3, 0.4) is 0 Å². The lowest BCUT2D eigenvalue weighted by Crippen LogP contribution is -2.45. The summed E-state index contributed by atoms with van der Waals surface area (Å²) in [7, 11) is 0. The second-order valence-corrected chi connectivity index (χ2v) is 7.84. The molecular formula is C17H16N2O6S. The minimum atomic E-state index is -0.941. The highest BCUT2D eigenvalue weighted by Crippen LogP contribution is 2.43. The number of amides is 1. The maximum absolute atomic E-state index is 12.9. The van der Waals surface area contributed by atoms with Gasteiger partial charge in [0.15, 0.2) is 0 Å². The van der Waals surface area contributed by atoms with Crippen LogP contribution in [0.25, 0.3) is 10.1 Å². The van der Waals surface area contributed by atoms with Crippen LogP contribution in [0.4, 0.5) is 5.69 Å². The van der Waals surface area contributed by atoms with Crippen LogP contribution in [0.5, 0.6) is 0 Å². The molecule has 2 aliphatic heterocycles. The van der Waals surface area contributed by atoms with Crippen molar-refractivity contribution in [2.24, 2.45) is 11.3 Å². The maximum Gasteiger partial charge on any atom is 0.311 e. The van der Waals surface area contributed by atoms with Crippen LogP contribution in [-0.2, 0) is 9.53 Å². The highest BCUT2D eigenvalue weighted by molar-refractivity contribution is 7.20. The van der Waals surface area contributed by atoms with Gasteiger partial charge in [-0.1, -0.05) is 0 Å². The predicted molar refractivity (Wildman–Crippen MR) is 93.4 cm³/mol. The molecule has 26 heavy (non-hydrogen) atoms. The zero-order valence-corrected chi connectivity index (χ0v) is 14.5. The molecule has 0 aliphatic carbocycles. The van der Waals surface area contributed by atoms with Gasteiger partial charge in [-0.25, -0.2) is 0 Å². The SMILES string of the molecule is O=C(c1cc2cc([N+](=O)[O-])ccc2s1)N1C[C@H]2COCC[C@@]2(C(=O)O)C1. The lowest BCUT2D eigenvalue weighted by molar-refractivity contribution is -0.384. The van der Waals surface area contributed by atoms with Crippen molar-refractivity contribution in [1.82, 2.24) is 4.90 Å². The Balaban J connectivity index is 1.63. The van der Waals surface area contributed by atoms with Gasteiger partial charge in [-0.15, -0.1) is 11.3 Å². The number of aliphatic carboxylic acids is 1. The molecule has 0 bridgehead atoms. The first-order chi connectivity index (χ1) is 12.4. The van der Waals surface area contributed by atoms with Gasteiger partial charge in [0.25, 0.3) is 11.6 Å². The number of ether oxygens (including phenoxy) is 1. The first-order valence-corrected chi connectivity index (χ1v) is 9.01. The van der Waals surface area contributed by atoms with Crippen molar-refractivity contribution in [2.75, 3.05) is 26.3 Å². The summed E-state index contributed by atoms with van der Waals surface area (Å²) in [5.41, 5.74) is -0.966. The summed E-state index contributed by atoms with van der Waals surface area (Å²) in [5.74, 6) is -1.33. The number of hydrogen-bond donors (Lipinski definition) is 1. The third-order valence-electron chi connectivity index (χ3n) is 5.34. The Labute approximate surface area is 152 Å². The summed E-state index contributed by atoms with van der Waals surface area (Å²) in [4.78, 5) is 37.2. The summed E-state index contributed by atoms with van der Waals surface area (Å²) < 4.78 is 6.20. The van der Waals surface area contributed by atoms with Gasteiger partial charge in [0.1, 0.15) is 0 Å². The first-order valence-electron chi connectivity index (χ1n) is 8.19. The second kappa shape index (κ2) is 6.03. The van der Waals surface area contributed by atoms with Crippen molar-refractivity contribution >= 4 is 39.0 Å². The molecule has 136 valence electrons. The Kier molecular flexibility index (Phi) is 3.92. The van der Waals surface area contributed by atoms with Crippen molar-refractivity contribution in [1.29, 1.82) is 0 Å². The van der Waals surface area contributed by atoms with Gasteiger partial charge in [-0.3, -0.25) is 19.7 Å². The van der Waals surface area contributed by atoms with Crippen LogP contribution in [-0.4, -0.2) is 53.1 Å². The molecule has 2 fully saturated rings. The summed E-state index contributed by atoms with van der Waals surface area (Å²) in [5, 5.41) is 21.3. The van der Waals surface area contributed by atoms with Gasteiger partial charge in [-0.2, -0.15) is 0 Å². The number of thiophene rings is 1. The molecule has 3 heterocycles. The van der Waals surface area contributed by atoms with Crippen LogP contribution in [0.2, 0.25) is 0 Å². The standard InChI is InChI=1S/C17H16N2O6S/c20-15(14-6-10-5-12(19(23)24)1-2-13(10)26-14)18-7-11-8-25-4-3-17(11,9-18)16(21)22/h1-2,5-6,11H,3-4,7-9H2,(H,21,22)/t11-,17+/m0/s1. The maximum atomic E-state index is 12.9. The van der Waals surface area contributed by atoms with Gasteiger partial charge in [0.05, 0.1) is 21.8 Å². The molecule has 2 aliphatic rings. The Bertz CT molecular complexity index is 925. The molecule has 1 N–H and O–H groups in total. The van der Waals surface area contributed by atoms with E-state index in [1.54, 1.807) is 17.0 Å². The quantitative estimate of drug-likeness (QED) is 0.650. The normalized spacial score (nSPS) is 25.2. The second-order valence-electron chi connectivity index (χ2n) is 6.76. The van der Waals surface area contributed by atoms with Crippen molar-refractivity contribution in [3.05, 3.63) is 39.3 Å². The fourth-order valence-corrected chi connectivity index (χ4v) is 4.87. The molecule has 2 saturated heterocycles. The van der Waals surface area contributed by atoms with Gasteiger partial charge in [0.2, 0.25) is 0 Å². The molecule has 9 heteroatoms. The number of nitro benzene ring substituents is 1. The molecule has 0 unspecified atom stereocenters. The zero-order chi connectivity index (χ0) is 18.5. The van der Waals surface area contributed by atoms with Crippen molar-refractivity contribution in [2.45, 2.75) is 6.42 Å². The molecule has 2 atom stereocenters. The van der Waals surface area contributed by atoms with Crippen molar-refractivity contribution in [3.63, 3.8) is 0 Å². The van der Waals surface area contributed by atoms with Gasteiger partial charge in [0, 0.05) is 47.8 Å². The van der Waals surface area contributed by atoms with Crippen LogP contribution >= 0.6 is 11.3 Å². The monoisotopic (exact) mass is 376 g/mol. The fraction of sp³-hybridized carbons (Fsp3) is 0.412. The molecule has 1 aromatic carbocycles. The number of carbonyl (C=O) groups excluding carboxylic acids is 1. The number of carbonyl (C=O) groups is 2. The average Bonchev–Trinajstić information content (AvgIpc) is 3.22. The topological polar surface area (TPSA) is 110 Å². The lowest BCUT2D eigenvalue weighted by Gasteiger charge is -2.33. The highest BCUT2D eigenvalue weighted by atomic mass is 32.1. The molecule has 1 aromatic heterocycles. The third-order valence-corrected chi connectivity index (χ3v) is 6.45. The van der Waals surface area contributed by atoms with E-state index in [9.17, 15) is 24.8 Å². The molecule has 1 amide bonds. The van der Waals surface area contributed by atoms with Crippen molar-refractivity contribution < 1.29 is 24.4 Å². The molecule has 0 radical (unpaired) electrons. The number of likely N-dealkylation sites (tertiary alicyclic amines) is 1. The largest absolute Gasteiger partial charge is 0.481 e. The smallest absolute Gasteiger partial charge is 0.311 e. The third kappa shape index (κ3) is 2.55. The molecule has 8 nitrogen and oxygen atoms in total. The molecular weight excluding hydrogens is 360 g/mol. The lowest BCUT2D eigenvalue weighted by atomic mass is 9.74. The summed E-state index contributed by atoms with van der Waals surface area (Å²) in [6, 6.07) is 6.12. The minimum absolute atomic E-state index is 0.0246. The predicted octanol–water partition coefficient (Wildman–Crippen LogP) is 2.37. The van der Waals surface area contributed by atoms with Gasteiger partial charge in [-0.05, 0) is 18.6 Å². The Morgan fingerprint density at radius 2 is 2.19 bits per heavy atom. The summed E-state index contributed by atoms with van der Waals surface area (Å²) >= 11 is 1.26. The van der Waals surface area contributed by atoms with E-state index in [0.717, 1.165) is 4.70 Å². The zero-order valence-electron chi connectivity index (χ0n) is 13.7. The number of nitro groups is 1. The van der Waals surface area contributed by atoms with E-state index in [1.807, 2.05) is 0 Å². The van der Waals surface area contributed by atoms with E-state index >= 15 is 0 Å². The number of hydrogen-bond acceptors (Lipinski definition) is 6. The Morgan fingerprint density at radius 3 is 2.88 bits per heavy atom. The van der Waals surface area contributed by atoms with Crippen LogP contribution in [0.1, 0.15) is 16.1 Å². The molecule has 0 spiro atoms. The summed E-state index contributed by atoms with van der Waals surface area (Å²) in [6.45, 7) is 1.25. The Hall–Kier alpha value is -2.52. The van der Waals surface area contributed by atoms with Crippen LogP contribution in [0.15, 0.2) is 24.3 Å². The Morgan fingerprint density at radius 1 is 1.38 bits per heavy atom. The number of fused-ring (bicyclic) bond motifs is 2. The van der Waals surface area contributed by atoms with E-state index in [-0.39, 0.29) is 24.1 Å². The highest BCUT2D eigenvalue weighted by Gasteiger charge is 2.55. The number of rotatable bonds is 3.